The summed E-state index contributed by atoms with van der Waals surface area (Å²) in [6, 6.07) is 9.89. The summed E-state index contributed by atoms with van der Waals surface area (Å²) < 4.78 is 9.41. The molecule has 142 valence electrons. The molecule has 0 saturated carbocycles. The highest BCUT2D eigenvalue weighted by Crippen LogP contribution is 2.25. The summed E-state index contributed by atoms with van der Waals surface area (Å²) in [5.74, 6) is -1.78. The van der Waals surface area contributed by atoms with Gasteiger partial charge in [-0.25, -0.2) is 9.59 Å². The highest BCUT2D eigenvalue weighted by Gasteiger charge is 2.25. The highest BCUT2D eigenvalue weighted by atomic mass is 35.5. The molecular weight excluding hydrogens is 393 g/mol. The van der Waals surface area contributed by atoms with Gasteiger partial charge in [-0.2, -0.15) is 0 Å². The summed E-state index contributed by atoms with van der Waals surface area (Å²) >= 11 is 12.3. The number of ether oxygens (including phenoxy) is 2. The van der Waals surface area contributed by atoms with Gasteiger partial charge in [0.2, 0.25) is 0 Å². The smallest absolute Gasteiger partial charge is 0.337 e. The van der Waals surface area contributed by atoms with Gasteiger partial charge >= 0.3 is 11.9 Å². The molecule has 0 aliphatic carbocycles. The summed E-state index contributed by atoms with van der Waals surface area (Å²) in [4.78, 5) is 36.3. The molecule has 8 heteroatoms. The van der Waals surface area contributed by atoms with Crippen LogP contribution in [0.4, 0.5) is 0 Å². The molecular formula is C19H17Cl2NO5. The maximum Gasteiger partial charge on any atom is 0.337 e. The molecule has 2 aromatic rings. The van der Waals surface area contributed by atoms with Crippen LogP contribution in [-0.4, -0.2) is 38.1 Å². The minimum absolute atomic E-state index is 0.0492. The van der Waals surface area contributed by atoms with E-state index in [4.69, 9.17) is 27.9 Å². The summed E-state index contributed by atoms with van der Waals surface area (Å²) in [5.41, 5.74) is 0.922. The molecule has 6 nitrogen and oxygen atoms in total. The molecule has 2 rings (SSSR count). The number of carbonyl (C=O) groups is 3. The average molecular weight is 410 g/mol. The van der Waals surface area contributed by atoms with E-state index in [1.165, 1.54) is 32.4 Å². The fraction of sp³-hybridized carbons (Fsp3) is 0.211. The predicted molar refractivity (Wildman–Crippen MR) is 101 cm³/mol. The molecule has 0 aliphatic rings. The van der Waals surface area contributed by atoms with Crippen LogP contribution in [0.1, 0.15) is 26.3 Å². The average Bonchev–Trinajstić information content (AvgIpc) is 2.68. The van der Waals surface area contributed by atoms with E-state index in [9.17, 15) is 14.4 Å². The van der Waals surface area contributed by atoms with Crippen molar-refractivity contribution in [1.29, 1.82) is 0 Å². The van der Waals surface area contributed by atoms with Crippen LogP contribution in [0, 0.1) is 0 Å². The zero-order valence-electron chi connectivity index (χ0n) is 14.6. The Labute approximate surface area is 166 Å². The van der Waals surface area contributed by atoms with Gasteiger partial charge in [-0.3, -0.25) is 4.79 Å². The van der Waals surface area contributed by atoms with Gasteiger partial charge in [-0.15, -0.1) is 0 Å². The van der Waals surface area contributed by atoms with Crippen molar-refractivity contribution >= 4 is 41.0 Å². The van der Waals surface area contributed by atoms with Gasteiger partial charge in [0.25, 0.3) is 5.91 Å². The van der Waals surface area contributed by atoms with Crippen LogP contribution in [0.3, 0.4) is 0 Å². The number of rotatable bonds is 6. The monoisotopic (exact) mass is 409 g/mol. The lowest BCUT2D eigenvalue weighted by atomic mass is 10.0. The lowest BCUT2D eigenvalue weighted by molar-refractivity contribution is -0.142. The van der Waals surface area contributed by atoms with Gasteiger partial charge in [0.15, 0.2) is 0 Å². The Morgan fingerprint density at radius 1 is 0.963 bits per heavy atom. The Bertz CT molecular complexity index is 849. The second-order valence-corrected chi connectivity index (χ2v) is 6.34. The molecule has 27 heavy (non-hydrogen) atoms. The molecule has 0 aromatic heterocycles. The number of benzene rings is 2. The van der Waals surface area contributed by atoms with Crippen molar-refractivity contribution in [3.8, 4) is 0 Å². The van der Waals surface area contributed by atoms with Crippen LogP contribution < -0.4 is 5.32 Å². The predicted octanol–water partition coefficient (Wildman–Crippen LogP) is 3.29. The zero-order valence-corrected chi connectivity index (χ0v) is 16.1. The van der Waals surface area contributed by atoms with Gasteiger partial charge in [0.1, 0.15) is 6.04 Å². The van der Waals surface area contributed by atoms with E-state index in [0.717, 1.165) is 0 Å². The van der Waals surface area contributed by atoms with Gasteiger partial charge in [-0.1, -0.05) is 35.3 Å². The molecule has 0 spiro atoms. The summed E-state index contributed by atoms with van der Waals surface area (Å²) in [6.07, 6.45) is 0.0492. The fourth-order valence-corrected chi connectivity index (χ4v) is 2.97. The number of hydrogen-bond donors (Lipinski definition) is 1. The second-order valence-electron chi connectivity index (χ2n) is 5.53. The van der Waals surface area contributed by atoms with Crippen LogP contribution in [0.25, 0.3) is 0 Å². The first-order valence-electron chi connectivity index (χ1n) is 7.87. The summed E-state index contributed by atoms with van der Waals surface area (Å²) in [6.45, 7) is 0. The second kappa shape index (κ2) is 9.39. The molecule has 1 atom stereocenters. The number of methoxy groups -OCH3 is 2. The Morgan fingerprint density at radius 2 is 1.56 bits per heavy atom. The van der Waals surface area contributed by atoms with Crippen molar-refractivity contribution in [2.45, 2.75) is 12.5 Å². The first-order valence-corrected chi connectivity index (χ1v) is 8.63. The minimum atomic E-state index is -1.01. The zero-order chi connectivity index (χ0) is 20.0. The molecule has 0 radical (unpaired) electrons. The number of halogens is 2. The first-order chi connectivity index (χ1) is 12.9. The van der Waals surface area contributed by atoms with Gasteiger partial charge in [0.05, 0.1) is 19.8 Å². The summed E-state index contributed by atoms with van der Waals surface area (Å²) in [5, 5.41) is 3.34. The van der Waals surface area contributed by atoms with Crippen molar-refractivity contribution in [3.63, 3.8) is 0 Å². The molecule has 0 heterocycles. The van der Waals surface area contributed by atoms with Crippen LogP contribution in [0.2, 0.25) is 10.0 Å². The SMILES string of the molecule is COC(=O)c1cccc(C(=O)N[C@H](Cc2c(Cl)cccc2Cl)C(=O)OC)c1. The van der Waals surface area contributed by atoms with Crippen molar-refractivity contribution in [3.05, 3.63) is 69.2 Å². The quantitative estimate of drug-likeness (QED) is 0.740. The maximum absolute atomic E-state index is 12.6. The molecule has 0 saturated heterocycles. The van der Waals surface area contributed by atoms with E-state index in [0.29, 0.717) is 15.6 Å². The first kappa shape index (κ1) is 20.7. The Hall–Kier alpha value is -2.57. The van der Waals surface area contributed by atoms with Crippen LogP contribution in [-0.2, 0) is 20.7 Å². The number of esters is 2. The van der Waals surface area contributed by atoms with Crippen molar-refractivity contribution < 1.29 is 23.9 Å². The molecule has 0 unspecified atom stereocenters. The van der Waals surface area contributed by atoms with Gasteiger partial charge in [0, 0.05) is 22.0 Å². The van der Waals surface area contributed by atoms with Gasteiger partial charge < -0.3 is 14.8 Å². The third kappa shape index (κ3) is 5.21. The lowest BCUT2D eigenvalue weighted by Crippen LogP contribution is -2.43. The van der Waals surface area contributed by atoms with Crippen molar-refractivity contribution in [2.24, 2.45) is 0 Å². The standard InChI is InChI=1S/C19H17Cl2NO5/c1-26-18(24)12-6-3-5-11(9-12)17(23)22-16(19(25)27-2)10-13-14(20)7-4-8-15(13)21/h3-9,16H,10H2,1-2H3,(H,22,23)/t16-/m1/s1. The lowest BCUT2D eigenvalue weighted by Gasteiger charge is -2.18. The van der Waals surface area contributed by atoms with Crippen LogP contribution >= 0.6 is 23.2 Å². The number of hydrogen-bond acceptors (Lipinski definition) is 5. The summed E-state index contributed by atoms with van der Waals surface area (Å²) in [7, 11) is 2.46. The normalized spacial score (nSPS) is 11.4. The molecule has 0 bridgehead atoms. The Kier molecular flexibility index (Phi) is 7.21. The largest absolute Gasteiger partial charge is 0.467 e. The molecule has 0 aliphatic heterocycles. The van der Waals surface area contributed by atoms with E-state index in [2.05, 4.69) is 10.1 Å². The molecule has 1 amide bonds. The minimum Gasteiger partial charge on any atom is -0.467 e. The number of nitrogens with one attached hydrogen (secondary N) is 1. The van der Waals surface area contributed by atoms with Gasteiger partial charge in [-0.05, 0) is 35.9 Å². The van der Waals surface area contributed by atoms with E-state index in [-0.39, 0.29) is 17.5 Å². The van der Waals surface area contributed by atoms with Crippen molar-refractivity contribution in [2.75, 3.05) is 14.2 Å². The van der Waals surface area contributed by atoms with E-state index < -0.39 is 23.9 Å². The van der Waals surface area contributed by atoms with Crippen molar-refractivity contribution in [1.82, 2.24) is 5.32 Å². The van der Waals surface area contributed by atoms with E-state index >= 15 is 0 Å². The highest BCUT2D eigenvalue weighted by molar-refractivity contribution is 6.36. The Balaban J connectivity index is 2.25. The van der Waals surface area contributed by atoms with Crippen LogP contribution in [0.15, 0.2) is 42.5 Å². The third-order valence-corrected chi connectivity index (χ3v) is 4.52. The number of carbonyl (C=O) groups excluding carboxylic acids is 3. The fourth-order valence-electron chi connectivity index (χ4n) is 2.41. The topological polar surface area (TPSA) is 81.7 Å². The van der Waals surface area contributed by atoms with E-state index in [1.807, 2.05) is 0 Å². The van der Waals surface area contributed by atoms with Crippen LogP contribution in [0.5, 0.6) is 0 Å². The number of amides is 1. The molecule has 2 aromatic carbocycles. The molecule has 1 N–H and O–H groups in total. The maximum atomic E-state index is 12.6. The Morgan fingerprint density at radius 3 is 2.15 bits per heavy atom. The van der Waals surface area contributed by atoms with E-state index in [1.54, 1.807) is 24.3 Å². The third-order valence-electron chi connectivity index (χ3n) is 3.81. The molecule has 0 fully saturated rings.